The molecule has 2 N–H and O–H groups in total. The first-order valence-corrected chi connectivity index (χ1v) is 9.98. The number of carbonyl (C=O) groups is 1. The van der Waals surface area contributed by atoms with Gasteiger partial charge in [-0.15, -0.1) is 0 Å². The minimum absolute atomic E-state index is 0.0967. The van der Waals surface area contributed by atoms with Crippen LogP contribution in [0.3, 0.4) is 0 Å². The van der Waals surface area contributed by atoms with Crippen LogP contribution in [0.25, 0.3) is 0 Å². The number of hydrogen-bond donors (Lipinski definition) is 2. The van der Waals surface area contributed by atoms with E-state index >= 15 is 0 Å². The van der Waals surface area contributed by atoms with E-state index in [-0.39, 0.29) is 17.3 Å². The minimum Gasteiger partial charge on any atom is -0.466 e. The summed E-state index contributed by atoms with van der Waals surface area (Å²) in [6, 6.07) is 6.49. The molecule has 1 unspecified atom stereocenters. The molecule has 2 aliphatic heterocycles. The molecule has 0 aliphatic carbocycles. The summed E-state index contributed by atoms with van der Waals surface area (Å²) >= 11 is 0. The summed E-state index contributed by atoms with van der Waals surface area (Å²) in [5.41, 5.74) is 1.19. The predicted molar refractivity (Wildman–Crippen MR) is 94.3 cm³/mol. The molecule has 4 rings (SSSR count). The maximum Gasteiger partial charge on any atom is 0.240 e. The van der Waals surface area contributed by atoms with Gasteiger partial charge in [-0.05, 0) is 55.2 Å². The topological polar surface area (TPSA) is 99.9 Å². The van der Waals surface area contributed by atoms with Crippen LogP contribution in [0.2, 0.25) is 0 Å². The standard InChI is InChI=1S/C18H20N2O5S/c1-18(22,15-3-2-8-25-15)11-19-26(23,24)14-9-12-4-5-16(21)20-7-6-13(10-14)17(12)20/h2-3,8-10,19,22H,4-7,11H2,1H3. The molecule has 138 valence electrons. The predicted octanol–water partition coefficient (Wildman–Crippen LogP) is 1.30. The van der Waals surface area contributed by atoms with E-state index in [1.807, 2.05) is 0 Å². The Morgan fingerprint density at radius 3 is 2.69 bits per heavy atom. The Labute approximate surface area is 151 Å². The van der Waals surface area contributed by atoms with Crippen LogP contribution in [0.5, 0.6) is 0 Å². The van der Waals surface area contributed by atoms with E-state index in [4.69, 9.17) is 4.42 Å². The lowest BCUT2D eigenvalue weighted by Gasteiger charge is -2.26. The van der Waals surface area contributed by atoms with Crippen LogP contribution >= 0.6 is 0 Å². The average Bonchev–Trinajstić information content (AvgIpc) is 3.27. The highest BCUT2D eigenvalue weighted by Gasteiger charge is 2.34. The van der Waals surface area contributed by atoms with Crippen LogP contribution in [0.1, 0.15) is 30.2 Å². The summed E-state index contributed by atoms with van der Waals surface area (Å²) in [4.78, 5) is 13.9. The zero-order valence-corrected chi connectivity index (χ0v) is 15.2. The van der Waals surface area contributed by atoms with Crippen molar-refractivity contribution < 1.29 is 22.7 Å². The largest absolute Gasteiger partial charge is 0.466 e. The number of amides is 1. The van der Waals surface area contributed by atoms with Gasteiger partial charge in [0.1, 0.15) is 11.4 Å². The smallest absolute Gasteiger partial charge is 0.240 e. The van der Waals surface area contributed by atoms with Crippen LogP contribution in [-0.4, -0.2) is 32.5 Å². The molecule has 0 radical (unpaired) electrons. The Balaban J connectivity index is 1.60. The first kappa shape index (κ1) is 17.3. The molecule has 1 aromatic carbocycles. The number of aryl methyl sites for hydroxylation is 1. The molecule has 1 amide bonds. The van der Waals surface area contributed by atoms with Crippen molar-refractivity contribution in [1.82, 2.24) is 4.72 Å². The molecule has 7 nitrogen and oxygen atoms in total. The number of nitrogens with one attached hydrogen (secondary N) is 1. The van der Waals surface area contributed by atoms with E-state index < -0.39 is 15.6 Å². The van der Waals surface area contributed by atoms with Gasteiger partial charge in [0.2, 0.25) is 15.9 Å². The first-order valence-electron chi connectivity index (χ1n) is 8.50. The van der Waals surface area contributed by atoms with Gasteiger partial charge in [-0.1, -0.05) is 0 Å². The van der Waals surface area contributed by atoms with Crippen LogP contribution in [0.15, 0.2) is 39.8 Å². The molecule has 2 aliphatic rings. The van der Waals surface area contributed by atoms with Crippen molar-refractivity contribution in [2.45, 2.75) is 36.7 Å². The Kier molecular flexibility index (Phi) is 3.94. The molecule has 8 heteroatoms. The second-order valence-corrected chi connectivity index (χ2v) is 8.73. The highest BCUT2D eigenvalue weighted by atomic mass is 32.2. The normalized spacial score (nSPS) is 18.7. The van der Waals surface area contributed by atoms with E-state index in [1.54, 1.807) is 29.2 Å². The van der Waals surface area contributed by atoms with Crippen molar-refractivity contribution in [3.63, 3.8) is 0 Å². The Hall–Kier alpha value is -2.16. The number of sulfonamides is 1. The van der Waals surface area contributed by atoms with Gasteiger partial charge in [0.05, 0.1) is 16.8 Å². The summed E-state index contributed by atoms with van der Waals surface area (Å²) < 4.78 is 33.1. The molecule has 0 saturated heterocycles. The summed E-state index contributed by atoms with van der Waals surface area (Å²) in [5, 5.41) is 10.4. The summed E-state index contributed by atoms with van der Waals surface area (Å²) in [5.74, 6) is 0.387. The van der Waals surface area contributed by atoms with Crippen molar-refractivity contribution in [1.29, 1.82) is 0 Å². The number of benzene rings is 1. The van der Waals surface area contributed by atoms with Crippen molar-refractivity contribution in [2.24, 2.45) is 0 Å². The van der Waals surface area contributed by atoms with Gasteiger partial charge < -0.3 is 14.4 Å². The average molecular weight is 376 g/mol. The highest BCUT2D eigenvalue weighted by Crippen LogP contribution is 2.38. The van der Waals surface area contributed by atoms with Gasteiger partial charge in [0.25, 0.3) is 0 Å². The zero-order chi connectivity index (χ0) is 18.5. The molecule has 3 heterocycles. The number of nitrogens with zero attached hydrogens (tertiary/aromatic N) is 1. The molecule has 26 heavy (non-hydrogen) atoms. The third-order valence-corrected chi connectivity index (χ3v) is 6.37. The van der Waals surface area contributed by atoms with Crippen molar-refractivity contribution in [3.8, 4) is 0 Å². The third kappa shape index (κ3) is 2.84. The highest BCUT2D eigenvalue weighted by molar-refractivity contribution is 7.89. The number of hydrogen-bond acceptors (Lipinski definition) is 5. The van der Waals surface area contributed by atoms with E-state index in [1.165, 1.54) is 13.2 Å². The Morgan fingerprint density at radius 2 is 2.00 bits per heavy atom. The van der Waals surface area contributed by atoms with Gasteiger partial charge in [0, 0.05) is 19.5 Å². The fraction of sp³-hybridized carbons (Fsp3) is 0.389. The molecule has 0 saturated carbocycles. The zero-order valence-electron chi connectivity index (χ0n) is 14.4. The summed E-state index contributed by atoms with van der Waals surface area (Å²) in [7, 11) is -3.80. The molecular weight excluding hydrogens is 356 g/mol. The fourth-order valence-electron chi connectivity index (χ4n) is 3.57. The quantitative estimate of drug-likeness (QED) is 0.819. The second-order valence-electron chi connectivity index (χ2n) is 6.96. The summed E-state index contributed by atoms with van der Waals surface area (Å²) in [6.45, 7) is 1.88. The number of anilines is 1. The molecule has 1 aromatic heterocycles. The van der Waals surface area contributed by atoms with Gasteiger partial charge in [-0.2, -0.15) is 0 Å². The maximum absolute atomic E-state index is 12.7. The van der Waals surface area contributed by atoms with E-state index in [0.717, 1.165) is 16.8 Å². The second kappa shape index (κ2) is 5.94. The number of furan rings is 1. The molecule has 0 bridgehead atoms. The number of carbonyl (C=O) groups excluding carboxylic acids is 1. The summed E-state index contributed by atoms with van der Waals surface area (Å²) in [6.07, 6.45) is 3.03. The van der Waals surface area contributed by atoms with Gasteiger partial charge >= 0.3 is 0 Å². The Morgan fingerprint density at radius 1 is 1.27 bits per heavy atom. The molecular formula is C18H20N2O5S. The lowest BCUT2D eigenvalue weighted by atomic mass is 10.00. The Bertz CT molecular complexity index is 964. The minimum atomic E-state index is -3.80. The SMILES string of the molecule is CC(O)(CNS(=O)(=O)c1cc2c3c(c1)CCN3C(=O)CC2)c1ccco1. The maximum atomic E-state index is 12.7. The molecule has 1 atom stereocenters. The monoisotopic (exact) mass is 376 g/mol. The van der Waals surface area contributed by atoms with E-state index in [9.17, 15) is 18.3 Å². The number of rotatable bonds is 5. The van der Waals surface area contributed by atoms with Crippen molar-refractivity contribution in [3.05, 3.63) is 47.4 Å². The first-order chi connectivity index (χ1) is 12.3. The lowest BCUT2D eigenvalue weighted by Crippen LogP contribution is -2.38. The van der Waals surface area contributed by atoms with E-state index in [2.05, 4.69) is 4.72 Å². The van der Waals surface area contributed by atoms with E-state index in [0.29, 0.717) is 31.6 Å². The van der Waals surface area contributed by atoms with Crippen LogP contribution in [-0.2, 0) is 33.3 Å². The fourth-order valence-corrected chi connectivity index (χ4v) is 4.80. The number of aliphatic hydroxyl groups is 1. The van der Waals surface area contributed by atoms with Gasteiger partial charge in [-0.3, -0.25) is 4.79 Å². The van der Waals surface area contributed by atoms with Crippen LogP contribution < -0.4 is 9.62 Å². The van der Waals surface area contributed by atoms with Crippen LogP contribution in [0, 0.1) is 0 Å². The van der Waals surface area contributed by atoms with Crippen molar-refractivity contribution in [2.75, 3.05) is 18.0 Å². The molecule has 0 fully saturated rings. The van der Waals surface area contributed by atoms with Crippen LogP contribution in [0.4, 0.5) is 5.69 Å². The third-order valence-electron chi connectivity index (χ3n) is 4.99. The molecule has 0 spiro atoms. The van der Waals surface area contributed by atoms with Gasteiger partial charge in [-0.25, -0.2) is 13.1 Å². The van der Waals surface area contributed by atoms with Gasteiger partial charge in [0.15, 0.2) is 0 Å². The molecule has 2 aromatic rings. The lowest BCUT2D eigenvalue weighted by molar-refractivity contribution is -0.118. The van der Waals surface area contributed by atoms with Crippen molar-refractivity contribution >= 4 is 21.6 Å².